The first kappa shape index (κ1) is 20.2. The predicted molar refractivity (Wildman–Crippen MR) is 121 cm³/mol. The van der Waals surface area contributed by atoms with Gasteiger partial charge in [0.05, 0.1) is 11.9 Å². The topological polar surface area (TPSA) is 35.5 Å². The van der Waals surface area contributed by atoms with Crippen LogP contribution in [0.25, 0.3) is 21.5 Å². The fourth-order valence-electron chi connectivity index (χ4n) is 4.22. The molecule has 152 valence electrons. The lowest BCUT2D eigenvalue weighted by Gasteiger charge is -2.25. The molecule has 3 aromatic rings. The molecule has 0 aromatic heterocycles. The van der Waals surface area contributed by atoms with E-state index in [4.69, 9.17) is 9.47 Å². The highest BCUT2D eigenvalue weighted by atomic mass is 32.2. The summed E-state index contributed by atoms with van der Waals surface area (Å²) in [6.45, 7) is 1.83. The van der Waals surface area contributed by atoms with Crippen molar-refractivity contribution in [1.82, 2.24) is 0 Å². The summed E-state index contributed by atoms with van der Waals surface area (Å²) in [5.74, 6) is 0.896. The Morgan fingerprint density at radius 2 is 1.62 bits per heavy atom. The molecule has 0 N–H and O–H groups in total. The van der Waals surface area contributed by atoms with Gasteiger partial charge in [-0.25, -0.2) is 0 Å². The number of fused-ring (bicyclic) bond motifs is 2. The fraction of sp³-hybridized carbons (Fsp3) is 0.400. The summed E-state index contributed by atoms with van der Waals surface area (Å²) in [4.78, 5) is 12.3. The van der Waals surface area contributed by atoms with Gasteiger partial charge < -0.3 is 9.47 Å². The summed E-state index contributed by atoms with van der Waals surface area (Å²) < 4.78 is 11.4. The van der Waals surface area contributed by atoms with Crippen molar-refractivity contribution in [1.29, 1.82) is 0 Å². The van der Waals surface area contributed by atoms with E-state index in [0.29, 0.717) is 5.75 Å². The molecule has 0 heterocycles. The Balaban J connectivity index is 1.37. The highest BCUT2D eigenvalue weighted by Gasteiger charge is 2.19. The molecule has 3 nitrogen and oxygen atoms in total. The van der Waals surface area contributed by atoms with Crippen molar-refractivity contribution in [2.75, 3.05) is 5.75 Å². The Bertz CT molecular complexity index is 924. The van der Waals surface area contributed by atoms with Crippen LogP contribution in [0.15, 0.2) is 54.6 Å². The van der Waals surface area contributed by atoms with Gasteiger partial charge in [-0.05, 0) is 52.9 Å². The number of carbonyl (C=O) groups is 1. The number of benzene rings is 3. The van der Waals surface area contributed by atoms with Crippen molar-refractivity contribution in [2.24, 2.45) is 0 Å². The van der Waals surface area contributed by atoms with E-state index in [1.54, 1.807) is 11.8 Å². The van der Waals surface area contributed by atoms with Gasteiger partial charge in [-0.15, -0.1) is 11.8 Å². The van der Waals surface area contributed by atoms with Crippen LogP contribution in [-0.4, -0.2) is 24.1 Å². The van der Waals surface area contributed by atoms with E-state index >= 15 is 0 Å². The molecule has 3 aromatic carbocycles. The van der Waals surface area contributed by atoms with Crippen LogP contribution in [-0.2, 0) is 20.0 Å². The first-order valence-electron chi connectivity index (χ1n) is 10.5. The van der Waals surface area contributed by atoms with E-state index in [9.17, 15) is 4.79 Å². The molecule has 0 bridgehead atoms. The summed E-state index contributed by atoms with van der Waals surface area (Å²) in [7, 11) is 0. The molecule has 4 rings (SSSR count). The second-order valence-electron chi connectivity index (χ2n) is 7.74. The molecule has 0 aliphatic heterocycles. The normalized spacial score (nSPS) is 16.2. The lowest BCUT2D eigenvalue weighted by molar-refractivity contribution is -0.184. The SMILES string of the molecule is CC(OC(=O)CSCc1c2ccccc2cc2ccccc12)OC1CCCCC1. The number of hydrogen-bond acceptors (Lipinski definition) is 4. The minimum Gasteiger partial charge on any atom is -0.435 e. The quantitative estimate of drug-likeness (QED) is 0.255. The van der Waals surface area contributed by atoms with Gasteiger partial charge >= 0.3 is 5.97 Å². The van der Waals surface area contributed by atoms with Gasteiger partial charge in [0, 0.05) is 5.75 Å². The Kier molecular flexibility index (Phi) is 6.73. The smallest absolute Gasteiger partial charge is 0.318 e. The molecule has 1 unspecified atom stereocenters. The summed E-state index contributed by atoms with van der Waals surface area (Å²) in [5.41, 5.74) is 1.28. The lowest BCUT2D eigenvalue weighted by Crippen LogP contribution is -2.26. The maximum absolute atomic E-state index is 12.3. The number of esters is 1. The average Bonchev–Trinajstić information content (AvgIpc) is 2.74. The van der Waals surface area contributed by atoms with Crippen LogP contribution >= 0.6 is 11.8 Å². The first-order chi connectivity index (χ1) is 14.2. The van der Waals surface area contributed by atoms with E-state index in [1.807, 2.05) is 6.92 Å². The van der Waals surface area contributed by atoms with Crippen molar-refractivity contribution >= 4 is 39.3 Å². The van der Waals surface area contributed by atoms with E-state index in [-0.39, 0.29) is 12.1 Å². The monoisotopic (exact) mass is 408 g/mol. The fourth-order valence-corrected chi connectivity index (χ4v) is 5.07. The van der Waals surface area contributed by atoms with Crippen LogP contribution in [0.4, 0.5) is 0 Å². The minimum atomic E-state index is -0.468. The Hall–Kier alpha value is -2.04. The second-order valence-corrected chi connectivity index (χ2v) is 8.73. The Morgan fingerprint density at radius 1 is 1.00 bits per heavy atom. The Morgan fingerprint density at radius 3 is 2.28 bits per heavy atom. The van der Waals surface area contributed by atoms with E-state index < -0.39 is 6.29 Å². The molecule has 0 radical (unpaired) electrons. The third-order valence-electron chi connectivity index (χ3n) is 5.58. The molecule has 1 atom stereocenters. The van der Waals surface area contributed by atoms with Crippen molar-refractivity contribution in [2.45, 2.75) is 57.2 Å². The standard InChI is InChI=1S/C25H28O3S/c1-18(27-21-11-3-2-4-12-21)28-25(26)17-29-16-24-22-13-7-5-9-19(22)15-20-10-6-8-14-23(20)24/h5-10,13-15,18,21H,2-4,11-12,16-17H2,1H3. The molecular weight excluding hydrogens is 380 g/mol. The predicted octanol–water partition coefficient (Wildman–Crippen LogP) is 6.46. The molecule has 1 aliphatic rings. The molecule has 29 heavy (non-hydrogen) atoms. The van der Waals surface area contributed by atoms with Crippen LogP contribution in [0.1, 0.15) is 44.6 Å². The number of carbonyl (C=O) groups excluding carboxylic acids is 1. The zero-order valence-corrected chi connectivity index (χ0v) is 17.8. The zero-order chi connectivity index (χ0) is 20.1. The maximum atomic E-state index is 12.3. The van der Waals surface area contributed by atoms with Gasteiger partial charge in [-0.1, -0.05) is 67.8 Å². The summed E-state index contributed by atoms with van der Waals surface area (Å²) in [6.07, 6.45) is 5.62. The number of hydrogen-bond donors (Lipinski definition) is 0. The van der Waals surface area contributed by atoms with Crippen molar-refractivity contribution < 1.29 is 14.3 Å². The molecule has 0 spiro atoms. The molecule has 1 saturated carbocycles. The lowest BCUT2D eigenvalue weighted by atomic mass is 9.98. The van der Waals surface area contributed by atoms with Crippen LogP contribution in [0.2, 0.25) is 0 Å². The number of thioether (sulfide) groups is 1. The van der Waals surface area contributed by atoms with E-state index in [0.717, 1.165) is 18.6 Å². The molecule has 0 amide bonds. The number of rotatable bonds is 7. The molecule has 4 heteroatoms. The zero-order valence-electron chi connectivity index (χ0n) is 16.9. The first-order valence-corrected chi connectivity index (χ1v) is 11.7. The third kappa shape index (κ3) is 5.12. The van der Waals surface area contributed by atoms with Gasteiger partial charge in [0.2, 0.25) is 0 Å². The molecular formula is C25H28O3S. The highest BCUT2D eigenvalue weighted by molar-refractivity contribution is 7.99. The highest BCUT2D eigenvalue weighted by Crippen LogP contribution is 2.31. The van der Waals surface area contributed by atoms with Gasteiger partial charge in [0.1, 0.15) is 0 Å². The van der Waals surface area contributed by atoms with Crippen LogP contribution < -0.4 is 0 Å². The molecule has 0 saturated heterocycles. The Labute approximate surface area is 176 Å². The van der Waals surface area contributed by atoms with Crippen LogP contribution in [0.3, 0.4) is 0 Å². The average molecular weight is 409 g/mol. The van der Waals surface area contributed by atoms with Crippen molar-refractivity contribution in [3.8, 4) is 0 Å². The van der Waals surface area contributed by atoms with E-state index in [1.165, 1.54) is 46.4 Å². The van der Waals surface area contributed by atoms with Crippen molar-refractivity contribution in [3.05, 3.63) is 60.2 Å². The third-order valence-corrected chi connectivity index (χ3v) is 6.52. The van der Waals surface area contributed by atoms with Gasteiger partial charge in [-0.2, -0.15) is 0 Å². The van der Waals surface area contributed by atoms with Gasteiger partial charge in [0.15, 0.2) is 6.29 Å². The number of ether oxygens (including phenoxy) is 2. The van der Waals surface area contributed by atoms with Crippen molar-refractivity contribution in [3.63, 3.8) is 0 Å². The van der Waals surface area contributed by atoms with E-state index in [2.05, 4.69) is 54.6 Å². The van der Waals surface area contributed by atoms with Gasteiger partial charge in [-0.3, -0.25) is 4.79 Å². The summed E-state index contributed by atoms with van der Waals surface area (Å²) in [5, 5.41) is 4.97. The summed E-state index contributed by atoms with van der Waals surface area (Å²) in [6, 6.07) is 19.1. The largest absolute Gasteiger partial charge is 0.435 e. The second kappa shape index (κ2) is 9.64. The minimum absolute atomic E-state index is 0.206. The van der Waals surface area contributed by atoms with Crippen LogP contribution in [0, 0.1) is 0 Å². The molecule has 1 fully saturated rings. The van der Waals surface area contributed by atoms with Gasteiger partial charge in [0.25, 0.3) is 0 Å². The van der Waals surface area contributed by atoms with Crippen LogP contribution in [0.5, 0.6) is 0 Å². The molecule has 1 aliphatic carbocycles. The maximum Gasteiger partial charge on any atom is 0.318 e. The summed E-state index contributed by atoms with van der Waals surface area (Å²) >= 11 is 1.60.